The SMILES string of the molecule is CNc1ccccc1OCC(F)F. The maximum Gasteiger partial charge on any atom is 0.272 e. The molecule has 0 atom stereocenters. The molecule has 0 unspecified atom stereocenters. The van der Waals surface area contributed by atoms with Gasteiger partial charge in [0.2, 0.25) is 0 Å². The number of nitrogens with one attached hydrogen (secondary N) is 1. The molecule has 0 fully saturated rings. The average Bonchev–Trinajstić information content (AvgIpc) is 2.15. The predicted molar refractivity (Wildman–Crippen MR) is 47.5 cm³/mol. The van der Waals surface area contributed by atoms with Crippen LogP contribution in [0.4, 0.5) is 14.5 Å². The summed E-state index contributed by atoms with van der Waals surface area (Å²) in [6, 6.07) is 6.96. The fraction of sp³-hybridized carbons (Fsp3) is 0.333. The van der Waals surface area contributed by atoms with Crippen LogP contribution in [0.15, 0.2) is 24.3 Å². The highest BCUT2D eigenvalue weighted by atomic mass is 19.3. The van der Waals surface area contributed by atoms with Gasteiger partial charge in [0.25, 0.3) is 6.43 Å². The average molecular weight is 187 g/mol. The Morgan fingerprint density at radius 2 is 2.08 bits per heavy atom. The first-order valence-corrected chi connectivity index (χ1v) is 3.91. The van der Waals surface area contributed by atoms with E-state index >= 15 is 0 Å². The van der Waals surface area contributed by atoms with Gasteiger partial charge in [-0.15, -0.1) is 0 Å². The van der Waals surface area contributed by atoms with Crippen molar-refractivity contribution in [2.24, 2.45) is 0 Å². The van der Waals surface area contributed by atoms with E-state index in [2.05, 4.69) is 5.32 Å². The molecule has 0 aliphatic heterocycles. The van der Waals surface area contributed by atoms with Gasteiger partial charge in [-0.05, 0) is 12.1 Å². The molecule has 0 aliphatic rings. The van der Waals surface area contributed by atoms with Crippen LogP contribution in [0.3, 0.4) is 0 Å². The number of benzene rings is 1. The van der Waals surface area contributed by atoms with E-state index in [-0.39, 0.29) is 0 Å². The van der Waals surface area contributed by atoms with E-state index in [0.29, 0.717) is 11.4 Å². The van der Waals surface area contributed by atoms with E-state index < -0.39 is 13.0 Å². The number of anilines is 1. The predicted octanol–water partition coefficient (Wildman–Crippen LogP) is 2.37. The van der Waals surface area contributed by atoms with Crippen molar-refractivity contribution < 1.29 is 13.5 Å². The molecule has 0 amide bonds. The lowest BCUT2D eigenvalue weighted by Crippen LogP contribution is -2.08. The Bertz CT molecular complexity index is 266. The molecule has 1 aromatic carbocycles. The van der Waals surface area contributed by atoms with E-state index in [1.54, 1.807) is 31.3 Å². The van der Waals surface area contributed by atoms with Gasteiger partial charge in [0.05, 0.1) is 5.69 Å². The van der Waals surface area contributed by atoms with Crippen LogP contribution in [-0.4, -0.2) is 20.1 Å². The second-order valence-corrected chi connectivity index (χ2v) is 2.45. The molecule has 0 heterocycles. The molecule has 1 aromatic rings. The summed E-state index contributed by atoms with van der Waals surface area (Å²) in [6.07, 6.45) is -2.44. The molecule has 0 spiro atoms. The Hall–Kier alpha value is -1.32. The monoisotopic (exact) mass is 187 g/mol. The van der Waals surface area contributed by atoms with Crippen LogP contribution in [0.2, 0.25) is 0 Å². The van der Waals surface area contributed by atoms with Gasteiger partial charge in [-0.3, -0.25) is 0 Å². The van der Waals surface area contributed by atoms with Gasteiger partial charge < -0.3 is 10.1 Å². The van der Waals surface area contributed by atoms with Crippen molar-refractivity contribution in [2.75, 3.05) is 19.0 Å². The summed E-state index contributed by atoms with van der Waals surface area (Å²) in [5.74, 6) is 0.449. The molecule has 0 bridgehead atoms. The van der Waals surface area contributed by atoms with E-state index in [1.165, 1.54) is 0 Å². The molecule has 0 aromatic heterocycles. The van der Waals surface area contributed by atoms with Crippen molar-refractivity contribution in [1.82, 2.24) is 0 Å². The Morgan fingerprint density at radius 3 is 2.69 bits per heavy atom. The lowest BCUT2D eigenvalue weighted by molar-refractivity contribution is 0.0822. The Kier molecular flexibility index (Phi) is 3.49. The van der Waals surface area contributed by atoms with Gasteiger partial charge in [-0.1, -0.05) is 12.1 Å². The van der Waals surface area contributed by atoms with E-state index in [4.69, 9.17) is 4.74 Å². The third-order valence-corrected chi connectivity index (χ3v) is 1.52. The van der Waals surface area contributed by atoms with Crippen molar-refractivity contribution in [1.29, 1.82) is 0 Å². The van der Waals surface area contributed by atoms with Gasteiger partial charge in [0.1, 0.15) is 12.4 Å². The minimum absolute atomic E-state index is 0.449. The second-order valence-electron chi connectivity index (χ2n) is 2.45. The minimum Gasteiger partial charge on any atom is -0.485 e. The lowest BCUT2D eigenvalue weighted by atomic mass is 10.3. The molecule has 0 aliphatic carbocycles. The normalized spacial score (nSPS) is 10.2. The Labute approximate surface area is 75.5 Å². The van der Waals surface area contributed by atoms with Crippen LogP contribution in [0.1, 0.15) is 0 Å². The molecule has 1 N–H and O–H groups in total. The molecule has 0 radical (unpaired) electrons. The zero-order chi connectivity index (χ0) is 9.68. The largest absolute Gasteiger partial charge is 0.485 e. The first-order chi connectivity index (χ1) is 6.24. The third kappa shape index (κ3) is 2.89. The topological polar surface area (TPSA) is 21.3 Å². The first kappa shape index (κ1) is 9.77. The standard InChI is InChI=1S/C9H11F2NO/c1-12-7-4-2-3-5-8(7)13-6-9(10)11/h2-5,9,12H,6H2,1H3. The maximum atomic E-state index is 11.8. The molecule has 0 saturated heterocycles. The van der Waals surface area contributed by atoms with Crippen molar-refractivity contribution in [3.63, 3.8) is 0 Å². The van der Waals surface area contributed by atoms with Crippen LogP contribution in [-0.2, 0) is 0 Å². The number of para-hydroxylation sites is 2. The van der Waals surface area contributed by atoms with Crippen LogP contribution >= 0.6 is 0 Å². The van der Waals surface area contributed by atoms with Gasteiger partial charge >= 0.3 is 0 Å². The highest BCUT2D eigenvalue weighted by Gasteiger charge is 2.05. The molecular formula is C9H11F2NO. The number of alkyl halides is 2. The van der Waals surface area contributed by atoms with Crippen molar-refractivity contribution in [3.8, 4) is 5.75 Å². The van der Waals surface area contributed by atoms with E-state index in [1.807, 2.05) is 0 Å². The summed E-state index contributed by atoms with van der Waals surface area (Å²) in [6.45, 7) is -0.571. The molecule has 0 saturated carbocycles. The van der Waals surface area contributed by atoms with Crippen molar-refractivity contribution in [3.05, 3.63) is 24.3 Å². The smallest absolute Gasteiger partial charge is 0.272 e. The van der Waals surface area contributed by atoms with Crippen molar-refractivity contribution >= 4 is 5.69 Å². The summed E-state index contributed by atoms with van der Waals surface area (Å²) in [5, 5.41) is 2.85. The molecule has 2 nitrogen and oxygen atoms in total. The second kappa shape index (κ2) is 4.64. The molecule has 4 heteroatoms. The number of halogens is 2. The number of hydrogen-bond donors (Lipinski definition) is 1. The van der Waals surface area contributed by atoms with Gasteiger partial charge in [0, 0.05) is 7.05 Å². The molecule has 1 rings (SSSR count). The van der Waals surface area contributed by atoms with Gasteiger partial charge in [0.15, 0.2) is 0 Å². The summed E-state index contributed by atoms with van der Waals surface area (Å²) < 4.78 is 28.5. The van der Waals surface area contributed by atoms with Crippen LogP contribution < -0.4 is 10.1 Å². The third-order valence-electron chi connectivity index (χ3n) is 1.52. The zero-order valence-electron chi connectivity index (χ0n) is 7.26. The van der Waals surface area contributed by atoms with Crippen LogP contribution in [0.25, 0.3) is 0 Å². The molecule has 13 heavy (non-hydrogen) atoms. The van der Waals surface area contributed by atoms with Crippen LogP contribution in [0, 0.1) is 0 Å². The fourth-order valence-electron chi connectivity index (χ4n) is 0.952. The number of rotatable bonds is 4. The van der Waals surface area contributed by atoms with Gasteiger partial charge in [-0.2, -0.15) is 0 Å². The summed E-state index contributed by atoms with van der Waals surface area (Å²) in [4.78, 5) is 0. The maximum absolute atomic E-state index is 11.8. The lowest BCUT2D eigenvalue weighted by Gasteiger charge is -2.09. The summed E-state index contributed by atoms with van der Waals surface area (Å²) in [7, 11) is 1.71. The fourth-order valence-corrected chi connectivity index (χ4v) is 0.952. The first-order valence-electron chi connectivity index (χ1n) is 3.91. The minimum atomic E-state index is -2.44. The van der Waals surface area contributed by atoms with Gasteiger partial charge in [-0.25, -0.2) is 8.78 Å². The quantitative estimate of drug-likeness (QED) is 0.781. The Morgan fingerprint density at radius 1 is 1.38 bits per heavy atom. The molecule has 72 valence electrons. The summed E-state index contributed by atoms with van der Waals surface area (Å²) in [5.41, 5.74) is 0.711. The van der Waals surface area contributed by atoms with E-state index in [9.17, 15) is 8.78 Å². The number of hydrogen-bond acceptors (Lipinski definition) is 2. The molecular weight excluding hydrogens is 176 g/mol. The number of ether oxygens (including phenoxy) is 1. The highest BCUT2D eigenvalue weighted by Crippen LogP contribution is 2.23. The summed E-state index contributed by atoms with van der Waals surface area (Å²) >= 11 is 0. The zero-order valence-corrected chi connectivity index (χ0v) is 7.26. The van der Waals surface area contributed by atoms with Crippen LogP contribution in [0.5, 0.6) is 5.75 Å². The highest BCUT2D eigenvalue weighted by molar-refractivity contribution is 5.55. The van der Waals surface area contributed by atoms with E-state index in [0.717, 1.165) is 0 Å². The Balaban J connectivity index is 2.64. The van der Waals surface area contributed by atoms with Crippen molar-refractivity contribution in [2.45, 2.75) is 6.43 Å².